The Morgan fingerprint density at radius 2 is 1.85 bits per heavy atom. The summed E-state index contributed by atoms with van der Waals surface area (Å²) in [5.74, 6) is 0.679. The lowest BCUT2D eigenvalue weighted by Gasteiger charge is -2.09. The molecule has 0 saturated carbocycles. The van der Waals surface area contributed by atoms with Crippen molar-refractivity contribution >= 4 is 17.6 Å². The fraction of sp³-hybridized carbons (Fsp3) is 0.533. The van der Waals surface area contributed by atoms with E-state index in [1.165, 1.54) is 0 Å². The molecule has 0 heterocycles. The highest BCUT2D eigenvalue weighted by Crippen LogP contribution is 2.22. The number of para-hydroxylation sites is 1. The minimum atomic E-state index is -0.112. The third kappa shape index (κ3) is 7.24. The topological polar surface area (TPSA) is 50.4 Å². The second-order valence-corrected chi connectivity index (χ2v) is 4.93. The van der Waals surface area contributed by atoms with E-state index in [9.17, 15) is 4.79 Å². The highest BCUT2D eigenvalue weighted by molar-refractivity contribution is 6.32. The number of halogens is 1. The van der Waals surface area contributed by atoms with Crippen LogP contribution in [0.1, 0.15) is 32.6 Å². The van der Waals surface area contributed by atoms with Crippen LogP contribution in [0.15, 0.2) is 24.3 Å². The summed E-state index contributed by atoms with van der Waals surface area (Å²) in [6.07, 6.45) is 4.07. The summed E-state index contributed by atoms with van der Waals surface area (Å²) < 4.78 is 5.53. The molecule has 0 bridgehead atoms. The Morgan fingerprint density at radius 3 is 2.55 bits per heavy atom. The van der Waals surface area contributed by atoms with Gasteiger partial charge in [0.2, 0.25) is 0 Å². The number of rotatable bonds is 9. The standard InChI is InChI=1S/C15H23ClN2O2/c1-2-3-6-10-17-15(19)18-11-7-12-20-14-9-5-4-8-13(14)16/h4-5,8-9H,2-3,6-7,10-12H2,1H3,(H2,17,18,19). The number of amides is 2. The van der Waals surface area contributed by atoms with Gasteiger partial charge in [-0.2, -0.15) is 0 Å². The fourth-order valence-corrected chi connectivity index (χ4v) is 1.85. The van der Waals surface area contributed by atoms with Gasteiger partial charge in [0.25, 0.3) is 0 Å². The largest absolute Gasteiger partial charge is 0.492 e. The van der Waals surface area contributed by atoms with Gasteiger partial charge in [-0.15, -0.1) is 0 Å². The first-order valence-electron chi connectivity index (χ1n) is 7.13. The molecule has 0 unspecified atom stereocenters. The summed E-state index contributed by atoms with van der Waals surface area (Å²) in [5, 5.41) is 6.23. The number of hydrogen-bond donors (Lipinski definition) is 2. The van der Waals surface area contributed by atoms with E-state index in [1.807, 2.05) is 18.2 Å². The van der Waals surface area contributed by atoms with E-state index in [-0.39, 0.29) is 6.03 Å². The smallest absolute Gasteiger partial charge is 0.314 e. The Labute approximate surface area is 125 Å². The maximum Gasteiger partial charge on any atom is 0.314 e. The summed E-state index contributed by atoms with van der Waals surface area (Å²) >= 11 is 5.97. The first-order chi connectivity index (χ1) is 9.74. The second-order valence-electron chi connectivity index (χ2n) is 4.52. The molecule has 1 aromatic carbocycles. The van der Waals surface area contributed by atoms with Crippen LogP contribution in [0.2, 0.25) is 5.02 Å². The summed E-state index contributed by atoms with van der Waals surface area (Å²) in [6, 6.07) is 7.25. The summed E-state index contributed by atoms with van der Waals surface area (Å²) in [4.78, 5) is 11.4. The molecule has 1 aromatic rings. The Bertz CT molecular complexity index is 399. The van der Waals surface area contributed by atoms with E-state index in [0.29, 0.717) is 23.9 Å². The van der Waals surface area contributed by atoms with Gasteiger partial charge in [-0.3, -0.25) is 0 Å². The predicted molar refractivity (Wildman–Crippen MR) is 82.5 cm³/mol. The number of unbranched alkanes of at least 4 members (excludes halogenated alkanes) is 2. The zero-order valence-electron chi connectivity index (χ0n) is 12.0. The molecule has 0 saturated heterocycles. The van der Waals surface area contributed by atoms with E-state index < -0.39 is 0 Å². The normalized spacial score (nSPS) is 10.1. The molecule has 5 heteroatoms. The van der Waals surface area contributed by atoms with Crippen molar-refractivity contribution in [1.82, 2.24) is 10.6 Å². The number of benzene rings is 1. The van der Waals surface area contributed by atoms with Gasteiger partial charge >= 0.3 is 6.03 Å². The molecule has 0 spiro atoms. The molecule has 0 aromatic heterocycles. The van der Waals surface area contributed by atoms with Crippen molar-refractivity contribution < 1.29 is 9.53 Å². The lowest BCUT2D eigenvalue weighted by Crippen LogP contribution is -2.36. The number of ether oxygens (including phenoxy) is 1. The van der Waals surface area contributed by atoms with Crippen LogP contribution in [0, 0.1) is 0 Å². The van der Waals surface area contributed by atoms with Gasteiger partial charge in [0.05, 0.1) is 11.6 Å². The van der Waals surface area contributed by atoms with Crippen molar-refractivity contribution in [3.05, 3.63) is 29.3 Å². The van der Waals surface area contributed by atoms with Crippen LogP contribution in [0.4, 0.5) is 4.79 Å². The molecule has 0 aliphatic heterocycles. The SMILES string of the molecule is CCCCCNC(=O)NCCCOc1ccccc1Cl. The third-order valence-electron chi connectivity index (χ3n) is 2.77. The van der Waals surface area contributed by atoms with E-state index in [0.717, 1.165) is 32.2 Å². The highest BCUT2D eigenvalue weighted by Gasteiger charge is 2.00. The molecule has 0 aliphatic rings. The molecule has 112 valence electrons. The average Bonchev–Trinajstić information content (AvgIpc) is 2.45. The van der Waals surface area contributed by atoms with Crippen LogP contribution in [0.5, 0.6) is 5.75 Å². The molecule has 1 rings (SSSR count). The Balaban J connectivity index is 2.02. The Morgan fingerprint density at radius 1 is 1.15 bits per heavy atom. The monoisotopic (exact) mass is 298 g/mol. The van der Waals surface area contributed by atoms with Crippen molar-refractivity contribution in [2.75, 3.05) is 19.7 Å². The average molecular weight is 299 g/mol. The third-order valence-corrected chi connectivity index (χ3v) is 3.08. The summed E-state index contributed by atoms with van der Waals surface area (Å²) in [5.41, 5.74) is 0. The Hall–Kier alpha value is -1.42. The molecule has 2 N–H and O–H groups in total. The fourth-order valence-electron chi connectivity index (χ4n) is 1.66. The first kappa shape index (κ1) is 16.6. The molecule has 0 fully saturated rings. The van der Waals surface area contributed by atoms with Crippen LogP contribution in [0.3, 0.4) is 0 Å². The van der Waals surface area contributed by atoms with E-state index in [4.69, 9.17) is 16.3 Å². The predicted octanol–water partition coefficient (Wildman–Crippen LogP) is 3.60. The number of carbonyl (C=O) groups is 1. The van der Waals surface area contributed by atoms with Crippen molar-refractivity contribution in [3.8, 4) is 5.75 Å². The lowest BCUT2D eigenvalue weighted by atomic mass is 10.2. The zero-order valence-corrected chi connectivity index (χ0v) is 12.7. The van der Waals surface area contributed by atoms with Gasteiger partial charge in [0.15, 0.2) is 0 Å². The molecule has 20 heavy (non-hydrogen) atoms. The zero-order chi connectivity index (χ0) is 14.6. The minimum Gasteiger partial charge on any atom is -0.492 e. The summed E-state index contributed by atoms with van der Waals surface area (Å²) in [6.45, 7) is 3.98. The summed E-state index contributed by atoms with van der Waals surface area (Å²) in [7, 11) is 0. The van der Waals surface area contributed by atoms with Gasteiger partial charge in [-0.25, -0.2) is 4.79 Å². The van der Waals surface area contributed by atoms with E-state index in [2.05, 4.69) is 17.6 Å². The molecule has 2 amide bonds. The van der Waals surface area contributed by atoms with Gasteiger partial charge in [0, 0.05) is 13.1 Å². The minimum absolute atomic E-state index is 0.112. The van der Waals surface area contributed by atoms with Gasteiger partial charge in [0.1, 0.15) is 5.75 Å². The number of urea groups is 1. The quantitative estimate of drug-likeness (QED) is 0.684. The Kier molecular flexibility index (Phi) is 8.63. The molecule has 0 radical (unpaired) electrons. The maximum absolute atomic E-state index is 11.4. The second kappa shape index (κ2) is 10.4. The lowest BCUT2D eigenvalue weighted by molar-refractivity contribution is 0.239. The van der Waals surface area contributed by atoms with Gasteiger partial charge in [-0.05, 0) is 25.0 Å². The number of carbonyl (C=O) groups excluding carboxylic acids is 1. The van der Waals surface area contributed by atoms with Crippen LogP contribution >= 0.6 is 11.6 Å². The molecule has 4 nitrogen and oxygen atoms in total. The van der Waals surface area contributed by atoms with Crippen LogP contribution in [-0.4, -0.2) is 25.7 Å². The maximum atomic E-state index is 11.4. The van der Waals surface area contributed by atoms with Crippen LogP contribution in [0.25, 0.3) is 0 Å². The molecular formula is C15H23ClN2O2. The van der Waals surface area contributed by atoms with Crippen molar-refractivity contribution in [2.24, 2.45) is 0 Å². The van der Waals surface area contributed by atoms with E-state index in [1.54, 1.807) is 6.07 Å². The van der Waals surface area contributed by atoms with Crippen molar-refractivity contribution in [1.29, 1.82) is 0 Å². The first-order valence-corrected chi connectivity index (χ1v) is 7.51. The molecule has 0 aliphatic carbocycles. The van der Waals surface area contributed by atoms with Gasteiger partial charge in [-0.1, -0.05) is 43.5 Å². The van der Waals surface area contributed by atoms with Crippen molar-refractivity contribution in [2.45, 2.75) is 32.6 Å². The highest BCUT2D eigenvalue weighted by atomic mass is 35.5. The molecule has 0 atom stereocenters. The van der Waals surface area contributed by atoms with Crippen LogP contribution in [-0.2, 0) is 0 Å². The molecular weight excluding hydrogens is 276 g/mol. The van der Waals surface area contributed by atoms with E-state index >= 15 is 0 Å². The van der Waals surface area contributed by atoms with Crippen molar-refractivity contribution in [3.63, 3.8) is 0 Å². The number of nitrogens with one attached hydrogen (secondary N) is 2. The van der Waals surface area contributed by atoms with Crippen LogP contribution < -0.4 is 15.4 Å². The van der Waals surface area contributed by atoms with Gasteiger partial charge < -0.3 is 15.4 Å². The number of hydrogen-bond acceptors (Lipinski definition) is 2.